The molecule has 25 heavy (non-hydrogen) atoms. The molecule has 2 rings (SSSR count). The number of urea groups is 1. The lowest BCUT2D eigenvalue weighted by molar-refractivity contribution is -0.121. The molecule has 0 spiro atoms. The second-order valence-corrected chi connectivity index (χ2v) is 6.74. The summed E-state index contributed by atoms with van der Waals surface area (Å²) >= 11 is 0. The number of rotatable bonds is 5. The molecule has 1 aliphatic heterocycles. The number of piperidine rings is 1. The van der Waals surface area contributed by atoms with Gasteiger partial charge in [-0.05, 0) is 37.0 Å². The molecule has 0 aromatic heterocycles. The van der Waals surface area contributed by atoms with E-state index in [0.717, 1.165) is 6.42 Å². The average Bonchev–Trinajstić information content (AvgIpc) is 2.60. The van der Waals surface area contributed by atoms with E-state index in [4.69, 9.17) is 5.11 Å². The van der Waals surface area contributed by atoms with Gasteiger partial charge in [0.15, 0.2) is 0 Å². The Labute approximate surface area is 147 Å². The molecule has 1 aromatic rings. The lowest BCUT2D eigenvalue weighted by Crippen LogP contribution is -2.48. The molecule has 0 bridgehead atoms. The van der Waals surface area contributed by atoms with Crippen LogP contribution in [-0.4, -0.2) is 47.5 Å². The zero-order valence-corrected chi connectivity index (χ0v) is 14.6. The van der Waals surface area contributed by atoms with Crippen LogP contribution in [-0.2, 0) is 4.79 Å². The zero-order valence-electron chi connectivity index (χ0n) is 14.6. The van der Waals surface area contributed by atoms with Crippen molar-refractivity contribution in [2.75, 3.05) is 25.0 Å². The van der Waals surface area contributed by atoms with Crippen molar-refractivity contribution in [3.63, 3.8) is 0 Å². The summed E-state index contributed by atoms with van der Waals surface area (Å²) in [6.07, 6.45) is 1.47. The summed E-state index contributed by atoms with van der Waals surface area (Å²) in [6, 6.07) is 6.00. The van der Waals surface area contributed by atoms with Crippen LogP contribution in [0.5, 0.6) is 0 Å². The van der Waals surface area contributed by atoms with E-state index in [1.54, 1.807) is 17.0 Å². The van der Waals surface area contributed by atoms with Crippen molar-refractivity contribution in [3.8, 4) is 0 Å². The van der Waals surface area contributed by atoms with Gasteiger partial charge in [0.1, 0.15) is 0 Å². The molecule has 1 aliphatic rings. The van der Waals surface area contributed by atoms with Crippen molar-refractivity contribution in [1.29, 1.82) is 0 Å². The van der Waals surface area contributed by atoms with Crippen LogP contribution < -0.4 is 10.6 Å². The third-order valence-corrected chi connectivity index (χ3v) is 4.12. The predicted molar refractivity (Wildman–Crippen MR) is 94.6 cm³/mol. The Kier molecular flexibility index (Phi) is 6.38. The molecule has 1 atom stereocenters. The summed E-state index contributed by atoms with van der Waals surface area (Å²) < 4.78 is 0. The maximum absolute atomic E-state index is 12.5. The highest BCUT2D eigenvalue weighted by atomic mass is 16.4. The van der Waals surface area contributed by atoms with Gasteiger partial charge in [-0.15, -0.1) is 0 Å². The lowest BCUT2D eigenvalue weighted by Gasteiger charge is -2.32. The molecule has 1 fully saturated rings. The highest BCUT2D eigenvalue weighted by Gasteiger charge is 2.28. The van der Waals surface area contributed by atoms with Gasteiger partial charge >= 0.3 is 12.0 Å². The molecular formula is C18H25N3O4. The number of carbonyl (C=O) groups excluding carboxylic acids is 2. The van der Waals surface area contributed by atoms with E-state index in [2.05, 4.69) is 10.6 Å². The van der Waals surface area contributed by atoms with Gasteiger partial charge in [0.25, 0.3) is 0 Å². The molecule has 0 aliphatic carbocycles. The van der Waals surface area contributed by atoms with Crippen LogP contribution >= 0.6 is 0 Å². The number of benzene rings is 1. The van der Waals surface area contributed by atoms with Crippen LogP contribution in [0.1, 0.15) is 37.0 Å². The van der Waals surface area contributed by atoms with Gasteiger partial charge in [-0.25, -0.2) is 9.59 Å². The summed E-state index contributed by atoms with van der Waals surface area (Å²) in [4.78, 5) is 37.3. The Morgan fingerprint density at radius 3 is 2.76 bits per heavy atom. The number of aromatic carboxylic acids is 1. The molecular weight excluding hydrogens is 322 g/mol. The van der Waals surface area contributed by atoms with Gasteiger partial charge < -0.3 is 20.6 Å². The van der Waals surface area contributed by atoms with Crippen LogP contribution in [0, 0.1) is 11.8 Å². The van der Waals surface area contributed by atoms with Gasteiger partial charge in [0.2, 0.25) is 5.91 Å². The Hall–Kier alpha value is -2.57. The number of anilines is 1. The SMILES string of the molecule is CC(C)CNC(=O)N1CCCC(C(=O)Nc2cccc(C(=O)O)c2)C1. The fourth-order valence-corrected chi connectivity index (χ4v) is 2.75. The molecule has 1 unspecified atom stereocenters. The first-order chi connectivity index (χ1) is 11.9. The Morgan fingerprint density at radius 1 is 1.32 bits per heavy atom. The first kappa shape index (κ1) is 18.8. The first-order valence-corrected chi connectivity index (χ1v) is 8.54. The lowest BCUT2D eigenvalue weighted by atomic mass is 9.97. The van der Waals surface area contributed by atoms with Gasteiger partial charge in [-0.1, -0.05) is 19.9 Å². The highest BCUT2D eigenvalue weighted by Crippen LogP contribution is 2.19. The van der Waals surface area contributed by atoms with Crippen molar-refractivity contribution in [3.05, 3.63) is 29.8 Å². The number of amides is 3. The van der Waals surface area contributed by atoms with E-state index in [-0.39, 0.29) is 23.4 Å². The normalized spacial score (nSPS) is 17.2. The van der Waals surface area contributed by atoms with Crippen molar-refractivity contribution in [2.45, 2.75) is 26.7 Å². The second kappa shape index (κ2) is 8.50. The minimum absolute atomic E-state index is 0.121. The van der Waals surface area contributed by atoms with Gasteiger partial charge in [0, 0.05) is 25.3 Å². The van der Waals surface area contributed by atoms with Crippen LogP contribution in [0.3, 0.4) is 0 Å². The smallest absolute Gasteiger partial charge is 0.335 e. The average molecular weight is 347 g/mol. The maximum Gasteiger partial charge on any atom is 0.335 e. The number of nitrogens with one attached hydrogen (secondary N) is 2. The quantitative estimate of drug-likeness (QED) is 0.761. The van der Waals surface area contributed by atoms with E-state index in [1.807, 2.05) is 13.8 Å². The van der Waals surface area contributed by atoms with Crippen molar-refractivity contribution in [2.24, 2.45) is 11.8 Å². The summed E-state index contributed by atoms with van der Waals surface area (Å²) in [5.74, 6) is -1.16. The van der Waals surface area contributed by atoms with Gasteiger partial charge in [0.05, 0.1) is 11.5 Å². The minimum Gasteiger partial charge on any atom is -0.478 e. The standard InChI is InChI=1S/C18H25N3O4/c1-12(2)10-19-18(25)21-8-4-6-14(11-21)16(22)20-15-7-3-5-13(9-15)17(23)24/h3,5,7,9,12,14H,4,6,8,10-11H2,1-2H3,(H,19,25)(H,20,22)(H,23,24). The van der Waals surface area contributed by atoms with E-state index in [0.29, 0.717) is 37.7 Å². The van der Waals surface area contributed by atoms with E-state index in [9.17, 15) is 14.4 Å². The zero-order chi connectivity index (χ0) is 18.4. The van der Waals surface area contributed by atoms with Crippen molar-refractivity contribution < 1.29 is 19.5 Å². The monoisotopic (exact) mass is 347 g/mol. The third kappa shape index (κ3) is 5.48. The largest absolute Gasteiger partial charge is 0.478 e. The molecule has 7 heteroatoms. The fraction of sp³-hybridized carbons (Fsp3) is 0.500. The van der Waals surface area contributed by atoms with Crippen molar-refractivity contribution >= 4 is 23.6 Å². The Balaban J connectivity index is 1.94. The third-order valence-electron chi connectivity index (χ3n) is 4.12. The molecule has 1 heterocycles. The Bertz CT molecular complexity index is 645. The van der Waals surface area contributed by atoms with E-state index < -0.39 is 5.97 Å². The molecule has 3 amide bonds. The second-order valence-electron chi connectivity index (χ2n) is 6.74. The number of carbonyl (C=O) groups is 3. The number of hydrogen-bond donors (Lipinski definition) is 3. The van der Waals surface area contributed by atoms with E-state index in [1.165, 1.54) is 12.1 Å². The van der Waals surface area contributed by atoms with Crippen LogP contribution in [0.15, 0.2) is 24.3 Å². The molecule has 0 radical (unpaired) electrons. The number of carboxylic acid groups (broad SMARTS) is 1. The molecule has 3 N–H and O–H groups in total. The van der Waals surface area contributed by atoms with Gasteiger partial charge in [-0.3, -0.25) is 4.79 Å². The summed E-state index contributed by atoms with van der Waals surface area (Å²) in [6.45, 7) is 5.67. The summed E-state index contributed by atoms with van der Waals surface area (Å²) in [5.41, 5.74) is 0.572. The van der Waals surface area contributed by atoms with Gasteiger partial charge in [-0.2, -0.15) is 0 Å². The topological polar surface area (TPSA) is 98.7 Å². The molecule has 1 saturated heterocycles. The highest BCUT2D eigenvalue weighted by molar-refractivity contribution is 5.95. The molecule has 1 aromatic carbocycles. The Morgan fingerprint density at radius 2 is 2.08 bits per heavy atom. The number of likely N-dealkylation sites (tertiary alicyclic amines) is 1. The van der Waals surface area contributed by atoms with Crippen LogP contribution in [0.25, 0.3) is 0 Å². The molecule has 7 nitrogen and oxygen atoms in total. The van der Waals surface area contributed by atoms with E-state index >= 15 is 0 Å². The fourth-order valence-electron chi connectivity index (χ4n) is 2.75. The maximum atomic E-state index is 12.5. The molecule has 136 valence electrons. The molecule has 0 saturated carbocycles. The first-order valence-electron chi connectivity index (χ1n) is 8.54. The number of carboxylic acids is 1. The summed E-state index contributed by atoms with van der Waals surface area (Å²) in [7, 11) is 0. The van der Waals surface area contributed by atoms with Crippen LogP contribution in [0.4, 0.5) is 10.5 Å². The number of hydrogen-bond acceptors (Lipinski definition) is 3. The van der Waals surface area contributed by atoms with Crippen LogP contribution in [0.2, 0.25) is 0 Å². The summed E-state index contributed by atoms with van der Waals surface area (Å²) in [5, 5.41) is 14.6. The predicted octanol–water partition coefficient (Wildman–Crippen LogP) is 2.40. The number of nitrogens with zero attached hydrogens (tertiary/aromatic N) is 1. The van der Waals surface area contributed by atoms with Crippen molar-refractivity contribution in [1.82, 2.24) is 10.2 Å². The minimum atomic E-state index is -1.04.